The zero-order valence-electron chi connectivity index (χ0n) is 10.3. The van der Waals surface area contributed by atoms with E-state index in [1.165, 1.54) is 0 Å². The second-order valence-corrected chi connectivity index (χ2v) is 4.66. The van der Waals surface area contributed by atoms with E-state index >= 15 is 0 Å². The Kier molecular flexibility index (Phi) is 2.98. The second-order valence-electron chi connectivity index (χ2n) is 4.66. The summed E-state index contributed by atoms with van der Waals surface area (Å²) in [5.41, 5.74) is 0.0869. The topological polar surface area (TPSA) is 75.6 Å². The third kappa shape index (κ3) is 1.92. The number of carbonyl (C=O) groups excluding carboxylic acids is 1. The number of rotatable bonds is 3. The van der Waals surface area contributed by atoms with Gasteiger partial charge in [0.2, 0.25) is 5.91 Å². The minimum atomic E-state index is -1.01. The quantitative estimate of drug-likeness (QED) is 0.835. The van der Waals surface area contributed by atoms with Crippen LogP contribution in [0.25, 0.3) is 0 Å². The molecule has 1 aliphatic rings. The standard InChI is InChI=1S/C13H15NO4/c1-13(7-10(15)14-11(13)12(16)17)8-3-5-9(18-2)6-4-8/h3-6,11H,7H2,1-2H3,(H,14,15)(H,16,17). The SMILES string of the molecule is COc1ccc(C2(C)CC(=O)NC2C(=O)O)cc1. The Morgan fingerprint density at radius 1 is 1.44 bits per heavy atom. The highest BCUT2D eigenvalue weighted by Crippen LogP contribution is 2.36. The summed E-state index contributed by atoms with van der Waals surface area (Å²) < 4.78 is 5.06. The highest BCUT2D eigenvalue weighted by molar-refractivity contribution is 5.90. The van der Waals surface area contributed by atoms with Crippen molar-refractivity contribution in [3.8, 4) is 5.75 Å². The summed E-state index contributed by atoms with van der Waals surface area (Å²) in [6.07, 6.45) is 0.177. The van der Waals surface area contributed by atoms with Crippen LogP contribution in [0.1, 0.15) is 18.9 Å². The summed E-state index contributed by atoms with van der Waals surface area (Å²) in [6.45, 7) is 1.78. The molecular weight excluding hydrogens is 234 g/mol. The van der Waals surface area contributed by atoms with Gasteiger partial charge >= 0.3 is 5.97 Å². The molecule has 1 fully saturated rings. The van der Waals surface area contributed by atoms with Crippen molar-refractivity contribution < 1.29 is 19.4 Å². The summed E-state index contributed by atoms with van der Waals surface area (Å²) in [7, 11) is 1.57. The Balaban J connectivity index is 2.39. The number of amides is 1. The van der Waals surface area contributed by atoms with Gasteiger partial charge in [-0.2, -0.15) is 0 Å². The van der Waals surface area contributed by atoms with Gasteiger partial charge in [-0.15, -0.1) is 0 Å². The van der Waals surface area contributed by atoms with Gasteiger partial charge in [-0.05, 0) is 17.7 Å². The van der Waals surface area contributed by atoms with Crippen LogP contribution in [0.2, 0.25) is 0 Å². The lowest BCUT2D eigenvalue weighted by atomic mass is 9.76. The van der Waals surface area contributed by atoms with Crippen molar-refractivity contribution in [2.45, 2.75) is 24.8 Å². The first kappa shape index (κ1) is 12.4. The predicted octanol–water partition coefficient (Wildman–Crippen LogP) is 0.926. The van der Waals surface area contributed by atoms with E-state index in [9.17, 15) is 14.7 Å². The van der Waals surface area contributed by atoms with E-state index in [0.717, 1.165) is 5.56 Å². The minimum Gasteiger partial charge on any atom is -0.497 e. The molecule has 96 valence electrons. The van der Waals surface area contributed by atoms with Gasteiger partial charge in [0.1, 0.15) is 11.8 Å². The summed E-state index contributed by atoms with van der Waals surface area (Å²) in [6, 6.07) is 6.24. The molecule has 0 saturated carbocycles. The van der Waals surface area contributed by atoms with Gasteiger partial charge in [0.05, 0.1) is 7.11 Å². The molecule has 1 saturated heterocycles. The number of methoxy groups -OCH3 is 1. The zero-order valence-corrected chi connectivity index (χ0v) is 10.3. The second kappa shape index (κ2) is 4.33. The minimum absolute atomic E-state index is 0.177. The van der Waals surface area contributed by atoms with E-state index < -0.39 is 17.4 Å². The number of carboxylic acids is 1. The van der Waals surface area contributed by atoms with E-state index in [4.69, 9.17) is 4.74 Å². The van der Waals surface area contributed by atoms with Crippen molar-refractivity contribution in [2.75, 3.05) is 7.11 Å². The Morgan fingerprint density at radius 2 is 2.06 bits per heavy atom. The van der Waals surface area contributed by atoms with Crippen molar-refractivity contribution in [3.63, 3.8) is 0 Å². The number of hydrogen-bond acceptors (Lipinski definition) is 3. The molecule has 0 spiro atoms. The number of benzene rings is 1. The fraction of sp³-hybridized carbons (Fsp3) is 0.385. The Bertz CT molecular complexity index is 482. The molecule has 0 aliphatic carbocycles. The fourth-order valence-electron chi connectivity index (χ4n) is 2.38. The van der Waals surface area contributed by atoms with Crippen LogP contribution in [0.15, 0.2) is 24.3 Å². The van der Waals surface area contributed by atoms with Gasteiger partial charge in [-0.3, -0.25) is 4.79 Å². The maximum Gasteiger partial charge on any atom is 0.327 e. The molecule has 1 heterocycles. The highest BCUT2D eigenvalue weighted by atomic mass is 16.5. The Hall–Kier alpha value is -2.04. The molecule has 1 aromatic carbocycles. The molecule has 0 radical (unpaired) electrons. The van der Waals surface area contributed by atoms with E-state index in [1.54, 1.807) is 38.3 Å². The van der Waals surface area contributed by atoms with Crippen LogP contribution in [-0.2, 0) is 15.0 Å². The van der Waals surface area contributed by atoms with Crippen LogP contribution < -0.4 is 10.1 Å². The Labute approximate surface area is 105 Å². The van der Waals surface area contributed by atoms with Gasteiger partial charge in [0, 0.05) is 11.8 Å². The number of ether oxygens (including phenoxy) is 1. The number of hydrogen-bond donors (Lipinski definition) is 2. The summed E-state index contributed by atoms with van der Waals surface area (Å²) in [5.74, 6) is -0.550. The molecule has 18 heavy (non-hydrogen) atoms. The monoisotopic (exact) mass is 249 g/mol. The molecule has 1 aromatic rings. The van der Waals surface area contributed by atoms with E-state index in [-0.39, 0.29) is 12.3 Å². The molecule has 0 aromatic heterocycles. The normalized spacial score (nSPS) is 26.8. The van der Waals surface area contributed by atoms with Gasteiger partial charge in [0.25, 0.3) is 0 Å². The number of carboxylic acid groups (broad SMARTS) is 1. The highest BCUT2D eigenvalue weighted by Gasteiger charge is 2.48. The first-order valence-electron chi connectivity index (χ1n) is 5.64. The molecule has 5 nitrogen and oxygen atoms in total. The van der Waals surface area contributed by atoms with Crippen LogP contribution in [0.5, 0.6) is 5.75 Å². The summed E-state index contributed by atoms with van der Waals surface area (Å²) >= 11 is 0. The molecule has 2 rings (SSSR count). The molecule has 1 amide bonds. The lowest BCUT2D eigenvalue weighted by Crippen LogP contribution is -2.44. The van der Waals surface area contributed by atoms with Crippen molar-refractivity contribution in [1.29, 1.82) is 0 Å². The van der Waals surface area contributed by atoms with E-state index in [1.807, 2.05) is 0 Å². The molecule has 0 bridgehead atoms. The fourth-order valence-corrected chi connectivity index (χ4v) is 2.38. The van der Waals surface area contributed by atoms with Gasteiger partial charge in [-0.25, -0.2) is 4.79 Å². The number of nitrogens with one attached hydrogen (secondary N) is 1. The molecular formula is C13H15NO4. The van der Waals surface area contributed by atoms with Gasteiger partial charge in [0.15, 0.2) is 0 Å². The molecule has 2 atom stereocenters. The van der Waals surface area contributed by atoms with Crippen molar-refractivity contribution >= 4 is 11.9 Å². The van der Waals surface area contributed by atoms with Crippen LogP contribution in [0, 0.1) is 0 Å². The van der Waals surface area contributed by atoms with Crippen LogP contribution in [-0.4, -0.2) is 30.1 Å². The predicted molar refractivity (Wildman–Crippen MR) is 64.5 cm³/mol. The van der Waals surface area contributed by atoms with E-state index in [2.05, 4.69) is 5.32 Å². The number of carbonyl (C=O) groups is 2. The van der Waals surface area contributed by atoms with Gasteiger partial charge in [-0.1, -0.05) is 19.1 Å². The van der Waals surface area contributed by atoms with Crippen molar-refractivity contribution in [1.82, 2.24) is 5.32 Å². The van der Waals surface area contributed by atoms with Crippen LogP contribution >= 0.6 is 0 Å². The summed E-state index contributed by atoms with van der Waals surface area (Å²) in [4.78, 5) is 22.7. The number of aliphatic carboxylic acids is 1. The largest absolute Gasteiger partial charge is 0.497 e. The Morgan fingerprint density at radius 3 is 2.56 bits per heavy atom. The van der Waals surface area contributed by atoms with Crippen molar-refractivity contribution in [2.24, 2.45) is 0 Å². The molecule has 2 unspecified atom stereocenters. The molecule has 1 aliphatic heterocycles. The first-order valence-corrected chi connectivity index (χ1v) is 5.64. The third-order valence-corrected chi connectivity index (χ3v) is 3.47. The van der Waals surface area contributed by atoms with Crippen LogP contribution in [0.3, 0.4) is 0 Å². The smallest absolute Gasteiger partial charge is 0.327 e. The lowest BCUT2D eigenvalue weighted by molar-refractivity contribution is -0.141. The third-order valence-electron chi connectivity index (χ3n) is 3.47. The molecule has 5 heteroatoms. The first-order chi connectivity index (χ1) is 8.47. The maximum absolute atomic E-state index is 11.5. The van der Waals surface area contributed by atoms with E-state index in [0.29, 0.717) is 5.75 Å². The van der Waals surface area contributed by atoms with Crippen molar-refractivity contribution in [3.05, 3.63) is 29.8 Å². The average Bonchev–Trinajstić information content (AvgIpc) is 2.66. The maximum atomic E-state index is 11.5. The average molecular weight is 249 g/mol. The lowest BCUT2D eigenvalue weighted by Gasteiger charge is -2.27. The van der Waals surface area contributed by atoms with Crippen LogP contribution in [0.4, 0.5) is 0 Å². The summed E-state index contributed by atoms with van der Waals surface area (Å²) in [5, 5.41) is 11.7. The van der Waals surface area contributed by atoms with Gasteiger partial charge < -0.3 is 15.2 Å². The zero-order chi connectivity index (χ0) is 13.3. The molecule has 2 N–H and O–H groups in total.